The van der Waals surface area contributed by atoms with E-state index in [4.69, 9.17) is 9.47 Å². The molecule has 3 spiro atoms. The second kappa shape index (κ2) is 17.5. The van der Waals surface area contributed by atoms with E-state index in [1.807, 2.05) is 18.2 Å². The van der Waals surface area contributed by atoms with Gasteiger partial charge >= 0.3 is 0 Å². The highest BCUT2D eigenvalue weighted by Crippen LogP contribution is 2.72. The number of nitrogens with one attached hydrogen (secondary N) is 2. The van der Waals surface area contributed by atoms with Crippen molar-refractivity contribution in [1.82, 2.24) is 10.6 Å². The number of allylic oxidation sites excluding steroid dienone is 6. The van der Waals surface area contributed by atoms with E-state index < -0.39 is 75.8 Å². The summed E-state index contributed by atoms with van der Waals surface area (Å²) in [6, 6.07) is 11.9. The lowest BCUT2D eigenvalue weighted by Crippen LogP contribution is -2.78. The van der Waals surface area contributed by atoms with Gasteiger partial charge in [-0.15, -0.1) is 0 Å². The first-order valence-corrected chi connectivity index (χ1v) is 26.7. The van der Waals surface area contributed by atoms with Gasteiger partial charge in [0.15, 0.2) is 11.6 Å². The molecule has 0 aromatic heterocycles. The largest absolute Gasteiger partial charge is 0.511 e. The molecule has 9 aliphatic rings. The number of hydrogen-bond acceptors (Lipinski definition) is 16. The van der Waals surface area contributed by atoms with Crippen LogP contribution in [0.1, 0.15) is 89.6 Å². The van der Waals surface area contributed by atoms with Crippen LogP contribution in [0.25, 0.3) is 0 Å². The zero-order chi connectivity index (χ0) is 48.1. The van der Waals surface area contributed by atoms with Crippen LogP contribution < -0.4 is 15.4 Å². The molecule has 2 saturated carbocycles. The molecule has 1 saturated heterocycles. The molecule has 7 bridgehead atoms. The van der Waals surface area contributed by atoms with Crippen molar-refractivity contribution in [2.75, 3.05) is 25.6 Å². The van der Waals surface area contributed by atoms with E-state index in [0.717, 1.165) is 61.5 Å². The van der Waals surface area contributed by atoms with Crippen LogP contribution in [0.2, 0.25) is 0 Å². The van der Waals surface area contributed by atoms with Gasteiger partial charge in [-0.2, -0.15) is 0 Å². The molecule has 69 heavy (non-hydrogen) atoms. The third kappa shape index (κ3) is 6.83. The maximum Gasteiger partial charge on any atom is 0.230 e. The number of fused-ring (bicyclic) bond motifs is 2. The van der Waals surface area contributed by atoms with Crippen LogP contribution >= 0.6 is 21.6 Å². The summed E-state index contributed by atoms with van der Waals surface area (Å²) in [4.78, 5) is 44.1. The standard InChI is InChI=1S/C53H60N2O12S2/c56-16-4-10-41-52-37(19-31(20-40(52)60)18-29-5-1-6-30(17-29)24-57)44(61)35-8-2-9-38(43(35)45(52)62)66-47-46(63)53(65)39(13-15-50(27-59,67-47)48(53)64)51-26-49(14-3-7-34(49)25-58)22-33(51)12-11-32-23-54-42(21-36(32)51)55-28-68-69-41/h1-2,5-6,8-9,13,15,17,19-21,25,33-34,37,39,41,46-48,54-57,59-60,63-65H,3-4,7,10-12,14,16,18,22-24,26-28H2/t33-,34+,37+,39-,41-,46-,47+,48+,49-,50+,51-,52-,53+/m0/s1. The van der Waals surface area contributed by atoms with Crippen molar-refractivity contribution in [2.24, 2.45) is 39.9 Å². The number of carbonyl (C=O) groups excluding carboxylic acids is 3. The Labute approximate surface area is 408 Å². The second-order valence-electron chi connectivity index (χ2n) is 20.9. The quantitative estimate of drug-likeness (QED) is 0.0973. The highest BCUT2D eigenvalue weighted by atomic mass is 33.1. The summed E-state index contributed by atoms with van der Waals surface area (Å²) in [6.07, 6.45) is 10.2. The smallest absolute Gasteiger partial charge is 0.230 e. The third-order valence-electron chi connectivity index (χ3n) is 17.7. The number of carbonyl (C=O) groups is 3. The van der Waals surface area contributed by atoms with Crippen LogP contribution in [0, 0.1) is 39.9 Å². The molecule has 11 rings (SSSR count). The molecule has 13 atom stereocenters. The van der Waals surface area contributed by atoms with Crippen molar-refractivity contribution in [1.29, 1.82) is 0 Å². The van der Waals surface area contributed by atoms with Gasteiger partial charge in [-0.05, 0) is 115 Å². The maximum atomic E-state index is 15.9. The highest BCUT2D eigenvalue weighted by Gasteiger charge is 2.74. The van der Waals surface area contributed by atoms with Crippen LogP contribution in [0.5, 0.6) is 5.75 Å². The molecule has 0 amide bonds. The van der Waals surface area contributed by atoms with Crippen LogP contribution in [-0.4, -0.2) is 114 Å². The summed E-state index contributed by atoms with van der Waals surface area (Å²) in [5.74, 6) is -2.93. The Kier molecular flexibility index (Phi) is 12.0. The Morgan fingerprint density at radius 1 is 1.00 bits per heavy atom. The fourth-order valence-electron chi connectivity index (χ4n) is 14.6. The van der Waals surface area contributed by atoms with E-state index in [1.54, 1.807) is 30.4 Å². The number of ketones is 2. The Hall–Kier alpha value is -4.23. The Balaban J connectivity index is 1.08. The molecule has 0 unspecified atom stereocenters. The van der Waals surface area contributed by atoms with Gasteiger partial charge in [0.05, 0.1) is 36.4 Å². The summed E-state index contributed by atoms with van der Waals surface area (Å²) < 4.78 is 13.0. The number of aliphatic hydroxyl groups excluding tert-OH is 6. The molecule has 9 N–H and O–H groups in total. The molecule has 0 radical (unpaired) electrons. The number of benzene rings is 2. The first-order valence-electron chi connectivity index (χ1n) is 24.4. The van der Waals surface area contributed by atoms with Crippen molar-refractivity contribution in [3.05, 3.63) is 123 Å². The average Bonchev–Trinajstić information content (AvgIpc) is 3.92. The predicted octanol–water partition coefficient (Wildman–Crippen LogP) is 4.89. The van der Waals surface area contributed by atoms with Gasteiger partial charge in [-0.25, -0.2) is 0 Å². The van der Waals surface area contributed by atoms with Crippen molar-refractivity contribution in [3.63, 3.8) is 0 Å². The second-order valence-corrected chi connectivity index (χ2v) is 23.5. The molecule has 14 nitrogen and oxygen atoms in total. The van der Waals surface area contributed by atoms with Gasteiger partial charge in [-0.1, -0.05) is 82.6 Å². The molecule has 6 aliphatic carbocycles. The minimum Gasteiger partial charge on any atom is -0.511 e. The number of rotatable bonds is 8. The Bertz CT molecular complexity index is 2630. The molecule has 16 heteroatoms. The third-order valence-corrected chi connectivity index (χ3v) is 20.4. The van der Waals surface area contributed by atoms with E-state index in [1.165, 1.54) is 39.8 Å². The fourth-order valence-corrected chi connectivity index (χ4v) is 17.5. The lowest BCUT2D eigenvalue weighted by atomic mass is 9.49. The number of dihydropyridines is 1. The molecule has 3 heterocycles. The van der Waals surface area contributed by atoms with E-state index in [2.05, 4.69) is 16.7 Å². The Morgan fingerprint density at radius 3 is 2.62 bits per heavy atom. The minimum atomic E-state index is -2.42. The van der Waals surface area contributed by atoms with E-state index in [0.29, 0.717) is 42.2 Å². The maximum absolute atomic E-state index is 15.9. The number of hydrogen-bond donors (Lipinski definition) is 9. The van der Waals surface area contributed by atoms with Gasteiger partial charge in [0.25, 0.3) is 0 Å². The van der Waals surface area contributed by atoms with Gasteiger partial charge < -0.3 is 60.6 Å². The number of aldehydes is 1. The summed E-state index contributed by atoms with van der Waals surface area (Å²) in [6.45, 7) is -0.681. The van der Waals surface area contributed by atoms with Crippen molar-refractivity contribution in [2.45, 2.75) is 106 Å². The summed E-state index contributed by atoms with van der Waals surface area (Å²) in [5.41, 5.74) is -3.41. The predicted molar refractivity (Wildman–Crippen MR) is 257 cm³/mol. The van der Waals surface area contributed by atoms with Crippen LogP contribution in [0.3, 0.4) is 0 Å². The van der Waals surface area contributed by atoms with Crippen LogP contribution in [-0.2, 0) is 22.6 Å². The van der Waals surface area contributed by atoms with Gasteiger partial charge in [-0.3, -0.25) is 9.59 Å². The molecular weight excluding hydrogens is 921 g/mol. The Morgan fingerprint density at radius 2 is 1.83 bits per heavy atom. The van der Waals surface area contributed by atoms with Crippen molar-refractivity contribution < 1.29 is 59.6 Å². The minimum absolute atomic E-state index is 0.0195. The molecule has 2 aromatic rings. The lowest BCUT2D eigenvalue weighted by molar-refractivity contribution is -0.356. The highest BCUT2D eigenvalue weighted by molar-refractivity contribution is 8.76. The summed E-state index contributed by atoms with van der Waals surface area (Å²) in [5, 5.41) is 89.1. The molecule has 366 valence electrons. The number of aliphatic hydroxyl groups is 7. The lowest BCUT2D eigenvalue weighted by Gasteiger charge is -2.62. The van der Waals surface area contributed by atoms with Gasteiger partial charge in [0, 0.05) is 41.2 Å². The molecule has 2 aromatic carbocycles. The normalized spacial score (nSPS) is 39.8. The van der Waals surface area contributed by atoms with Crippen molar-refractivity contribution >= 4 is 39.4 Å². The van der Waals surface area contributed by atoms with Gasteiger partial charge in [0.2, 0.25) is 6.29 Å². The average molecular weight is 981 g/mol. The van der Waals surface area contributed by atoms with Gasteiger partial charge in [0.1, 0.15) is 46.6 Å². The summed E-state index contributed by atoms with van der Waals surface area (Å²) >= 11 is 0. The van der Waals surface area contributed by atoms with Crippen molar-refractivity contribution in [3.8, 4) is 5.75 Å². The molecular formula is C53H60N2O12S2. The number of ether oxygens (including phenoxy) is 2. The summed E-state index contributed by atoms with van der Waals surface area (Å²) in [7, 11) is 2.77. The first-order chi connectivity index (χ1) is 33.3. The monoisotopic (exact) mass is 980 g/mol. The first kappa shape index (κ1) is 47.1. The number of Topliss-reactive ketones (excluding diaryl/α,β-unsaturated/α-hetero) is 2. The van der Waals surface area contributed by atoms with Crippen LogP contribution in [0.4, 0.5) is 0 Å². The molecule has 3 fully saturated rings. The zero-order valence-electron chi connectivity index (χ0n) is 38.2. The molecule has 3 aliphatic heterocycles. The van der Waals surface area contributed by atoms with E-state index in [-0.39, 0.29) is 65.9 Å². The zero-order valence-corrected chi connectivity index (χ0v) is 39.9. The SMILES string of the molecule is O=C[C@H]1CCC[C@@]12C[C@@H]1CCC3=C4C=C(NCSS[C@@H](CCCO)[C@]56C(=O)c7c(cccc7C(=O)[C@H]5C=C(Cc5cccc(CO)c5)C=C6O)O[C@@H]5O[C@@]6(CO)C=C[C@@H]([C@]41C2)[C@@](O)([C@H]5O)[C@@H]6O)NC3. The van der Waals surface area contributed by atoms with E-state index in [9.17, 15) is 40.5 Å². The van der Waals surface area contributed by atoms with Crippen LogP contribution in [0.15, 0.2) is 101 Å². The van der Waals surface area contributed by atoms with E-state index >= 15 is 9.59 Å². The topological polar surface area (TPSA) is 235 Å². The fraction of sp³-hybridized carbons (Fsp3) is 0.528.